The largest absolute Gasteiger partial charge is 0.314 e. The molecular weight excluding hydrogens is 206 g/mol. The molecule has 1 aromatic carbocycles. The van der Waals surface area contributed by atoms with Crippen molar-refractivity contribution in [1.29, 1.82) is 0 Å². The maximum Gasteiger partial charge on any atom is 0.00723 e. The van der Waals surface area contributed by atoms with Gasteiger partial charge in [0.05, 0.1) is 0 Å². The highest BCUT2D eigenvalue weighted by molar-refractivity contribution is 5.14. The van der Waals surface area contributed by atoms with Crippen molar-refractivity contribution in [3.63, 3.8) is 0 Å². The Morgan fingerprint density at radius 2 is 2.00 bits per heavy atom. The van der Waals surface area contributed by atoms with E-state index in [1.807, 2.05) is 0 Å². The fourth-order valence-electron chi connectivity index (χ4n) is 2.85. The molecule has 1 atom stereocenters. The highest BCUT2D eigenvalue weighted by Gasteiger charge is 2.30. The maximum atomic E-state index is 3.71. The van der Waals surface area contributed by atoms with Crippen LogP contribution in [0.2, 0.25) is 0 Å². The number of hydrogen-bond acceptors (Lipinski definition) is 1. The second kappa shape index (κ2) is 5.68. The first-order valence-electron chi connectivity index (χ1n) is 6.93. The van der Waals surface area contributed by atoms with Gasteiger partial charge in [0.15, 0.2) is 0 Å². The predicted octanol–water partition coefficient (Wildman–Crippen LogP) is 3.79. The first kappa shape index (κ1) is 12.6. The van der Waals surface area contributed by atoms with Crippen LogP contribution < -0.4 is 5.32 Å². The molecule has 1 N–H and O–H groups in total. The van der Waals surface area contributed by atoms with Crippen molar-refractivity contribution in [3.8, 4) is 0 Å². The minimum absolute atomic E-state index is 0.567. The van der Waals surface area contributed by atoms with E-state index in [9.17, 15) is 0 Å². The van der Waals surface area contributed by atoms with E-state index in [1.165, 1.54) is 37.7 Å². The number of aryl methyl sites for hydroxylation is 1. The summed E-state index contributed by atoms with van der Waals surface area (Å²) in [6, 6.07) is 11.5. The van der Waals surface area contributed by atoms with Gasteiger partial charge in [0.25, 0.3) is 0 Å². The highest BCUT2D eigenvalue weighted by atomic mass is 14.9. The zero-order valence-electron chi connectivity index (χ0n) is 11.2. The summed E-state index contributed by atoms with van der Waals surface area (Å²) in [6.07, 6.45) is 6.53. The zero-order valence-corrected chi connectivity index (χ0v) is 11.2. The van der Waals surface area contributed by atoms with E-state index >= 15 is 0 Å². The third kappa shape index (κ3) is 4.16. The molecule has 0 amide bonds. The van der Waals surface area contributed by atoms with E-state index in [1.54, 1.807) is 0 Å². The van der Waals surface area contributed by atoms with Crippen molar-refractivity contribution < 1.29 is 0 Å². The van der Waals surface area contributed by atoms with Gasteiger partial charge in [-0.05, 0) is 49.6 Å². The summed E-state index contributed by atoms with van der Waals surface area (Å²) in [6.45, 7) is 5.94. The maximum absolute atomic E-state index is 3.71. The molecule has 0 bridgehead atoms. The second-order valence-electron chi connectivity index (χ2n) is 6.15. The molecule has 0 saturated heterocycles. The van der Waals surface area contributed by atoms with Crippen molar-refractivity contribution in [2.75, 3.05) is 6.54 Å². The molecule has 0 aliphatic heterocycles. The third-order valence-corrected chi connectivity index (χ3v) is 3.89. The average molecular weight is 231 g/mol. The standard InChI is InChI=1S/C16H25N/c1-16(2)11-10-15(13-16)17-12-6-9-14-7-4-3-5-8-14/h3-5,7-8,15,17H,6,9-13H2,1-2H3. The summed E-state index contributed by atoms with van der Waals surface area (Å²) in [5, 5.41) is 3.71. The monoisotopic (exact) mass is 231 g/mol. The number of hydrogen-bond donors (Lipinski definition) is 1. The molecule has 1 nitrogen and oxygen atoms in total. The van der Waals surface area contributed by atoms with Gasteiger partial charge in [0, 0.05) is 6.04 Å². The molecule has 17 heavy (non-hydrogen) atoms. The van der Waals surface area contributed by atoms with Crippen molar-refractivity contribution in [2.24, 2.45) is 5.41 Å². The van der Waals surface area contributed by atoms with E-state index in [-0.39, 0.29) is 0 Å². The van der Waals surface area contributed by atoms with E-state index < -0.39 is 0 Å². The zero-order chi connectivity index (χ0) is 12.1. The second-order valence-corrected chi connectivity index (χ2v) is 6.15. The molecule has 1 aromatic rings. The Balaban J connectivity index is 1.61. The topological polar surface area (TPSA) is 12.0 Å². The lowest BCUT2D eigenvalue weighted by Crippen LogP contribution is -2.28. The molecule has 94 valence electrons. The van der Waals surface area contributed by atoms with Gasteiger partial charge in [0.1, 0.15) is 0 Å². The van der Waals surface area contributed by atoms with Gasteiger partial charge in [-0.2, -0.15) is 0 Å². The molecule has 0 aromatic heterocycles. The van der Waals surface area contributed by atoms with Gasteiger partial charge in [-0.3, -0.25) is 0 Å². The summed E-state index contributed by atoms with van der Waals surface area (Å²) in [7, 11) is 0. The van der Waals surface area contributed by atoms with Gasteiger partial charge < -0.3 is 5.32 Å². The SMILES string of the molecule is CC1(C)CCC(NCCCc2ccccc2)C1. The van der Waals surface area contributed by atoms with Gasteiger partial charge >= 0.3 is 0 Å². The molecule has 1 fully saturated rings. The van der Waals surface area contributed by atoms with Crippen LogP contribution in [0.4, 0.5) is 0 Å². The molecule has 1 saturated carbocycles. The van der Waals surface area contributed by atoms with Crippen molar-refractivity contribution >= 4 is 0 Å². The Morgan fingerprint density at radius 3 is 2.65 bits per heavy atom. The summed E-state index contributed by atoms with van der Waals surface area (Å²) in [5.41, 5.74) is 2.03. The Morgan fingerprint density at radius 1 is 1.24 bits per heavy atom. The van der Waals surface area contributed by atoms with Crippen LogP contribution in [0.1, 0.15) is 45.1 Å². The van der Waals surface area contributed by atoms with Gasteiger partial charge in [0.2, 0.25) is 0 Å². The van der Waals surface area contributed by atoms with Crippen LogP contribution in [0, 0.1) is 5.41 Å². The van der Waals surface area contributed by atoms with Crippen LogP contribution in [0.25, 0.3) is 0 Å². The summed E-state index contributed by atoms with van der Waals surface area (Å²) in [5.74, 6) is 0. The molecular formula is C16H25N. The van der Waals surface area contributed by atoms with Crippen LogP contribution in [0.5, 0.6) is 0 Å². The normalized spacial score (nSPS) is 22.8. The summed E-state index contributed by atoms with van der Waals surface area (Å²) in [4.78, 5) is 0. The van der Waals surface area contributed by atoms with Crippen LogP contribution in [-0.2, 0) is 6.42 Å². The van der Waals surface area contributed by atoms with Crippen LogP contribution in [0.3, 0.4) is 0 Å². The summed E-state index contributed by atoms with van der Waals surface area (Å²) < 4.78 is 0. The lowest BCUT2D eigenvalue weighted by atomic mass is 9.92. The Hall–Kier alpha value is -0.820. The summed E-state index contributed by atoms with van der Waals surface area (Å²) >= 11 is 0. The van der Waals surface area contributed by atoms with Crippen molar-refractivity contribution in [3.05, 3.63) is 35.9 Å². The third-order valence-electron chi connectivity index (χ3n) is 3.89. The average Bonchev–Trinajstić information content (AvgIpc) is 2.66. The number of benzene rings is 1. The lowest BCUT2D eigenvalue weighted by Gasteiger charge is -2.17. The first-order chi connectivity index (χ1) is 8.16. The molecule has 1 unspecified atom stereocenters. The van der Waals surface area contributed by atoms with Gasteiger partial charge in [-0.1, -0.05) is 44.2 Å². The fourth-order valence-corrected chi connectivity index (χ4v) is 2.85. The fraction of sp³-hybridized carbons (Fsp3) is 0.625. The van der Waals surface area contributed by atoms with E-state index in [0.717, 1.165) is 12.6 Å². The Labute approximate surface area is 106 Å². The van der Waals surface area contributed by atoms with Gasteiger partial charge in [-0.15, -0.1) is 0 Å². The predicted molar refractivity (Wildman–Crippen MR) is 74.2 cm³/mol. The smallest absolute Gasteiger partial charge is 0.00723 e. The minimum Gasteiger partial charge on any atom is -0.314 e. The Bertz CT molecular complexity index is 329. The molecule has 0 spiro atoms. The quantitative estimate of drug-likeness (QED) is 0.760. The van der Waals surface area contributed by atoms with Crippen LogP contribution >= 0.6 is 0 Å². The molecule has 0 radical (unpaired) electrons. The van der Waals surface area contributed by atoms with Crippen molar-refractivity contribution in [1.82, 2.24) is 5.32 Å². The van der Waals surface area contributed by atoms with Gasteiger partial charge in [-0.25, -0.2) is 0 Å². The molecule has 1 aliphatic carbocycles. The lowest BCUT2D eigenvalue weighted by molar-refractivity contribution is 0.364. The molecule has 2 rings (SSSR count). The van der Waals surface area contributed by atoms with E-state index in [0.29, 0.717) is 5.41 Å². The van der Waals surface area contributed by atoms with Crippen molar-refractivity contribution in [2.45, 2.75) is 52.0 Å². The molecule has 1 aliphatic rings. The Kier molecular flexibility index (Phi) is 4.22. The number of nitrogens with one attached hydrogen (secondary N) is 1. The van der Waals surface area contributed by atoms with E-state index in [4.69, 9.17) is 0 Å². The van der Waals surface area contributed by atoms with Crippen LogP contribution in [0.15, 0.2) is 30.3 Å². The minimum atomic E-state index is 0.567. The van der Waals surface area contributed by atoms with Crippen LogP contribution in [-0.4, -0.2) is 12.6 Å². The number of rotatable bonds is 5. The molecule has 0 heterocycles. The molecule has 1 heteroatoms. The van der Waals surface area contributed by atoms with E-state index in [2.05, 4.69) is 49.5 Å². The highest BCUT2D eigenvalue weighted by Crippen LogP contribution is 2.36. The first-order valence-corrected chi connectivity index (χ1v) is 6.93.